The maximum Gasteiger partial charge on any atom is 0.234 e. The van der Waals surface area contributed by atoms with Crippen LogP contribution in [0, 0.1) is 0 Å². The summed E-state index contributed by atoms with van der Waals surface area (Å²) in [5.41, 5.74) is 11.3. The third kappa shape index (κ3) is 3.88. The number of hydrogen-bond donors (Lipinski definition) is 3. The van der Waals surface area contributed by atoms with Gasteiger partial charge in [0.1, 0.15) is 5.75 Å². The molecule has 1 amide bonds. The Morgan fingerprint density at radius 2 is 2.00 bits per heavy atom. The second-order valence-electron chi connectivity index (χ2n) is 3.45. The molecule has 1 aromatic carbocycles. The van der Waals surface area contributed by atoms with Gasteiger partial charge < -0.3 is 21.3 Å². The van der Waals surface area contributed by atoms with Crippen molar-refractivity contribution in [2.75, 3.05) is 6.61 Å². The number of aliphatic hydroxyl groups is 1. The van der Waals surface area contributed by atoms with Crippen LogP contribution in [-0.2, 0) is 11.4 Å². The normalized spacial score (nSPS) is 12.1. The van der Waals surface area contributed by atoms with Gasteiger partial charge in [-0.15, -0.1) is 0 Å². The third-order valence-corrected chi connectivity index (χ3v) is 2.17. The van der Waals surface area contributed by atoms with Crippen molar-refractivity contribution < 1.29 is 14.6 Å². The third-order valence-electron chi connectivity index (χ3n) is 2.17. The van der Waals surface area contributed by atoms with E-state index < -0.39 is 11.9 Å². The highest BCUT2D eigenvalue weighted by atomic mass is 16.5. The largest absolute Gasteiger partial charge is 0.494 e. The number of primary amides is 1. The highest BCUT2D eigenvalue weighted by Gasteiger charge is 2.08. The Morgan fingerprint density at radius 1 is 1.38 bits per heavy atom. The fraction of sp³-hybridized carbons (Fsp3) is 0.364. The van der Waals surface area contributed by atoms with E-state index in [4.69, 9.17) is 21.3 Å². The first kappa shape index (κ1) is 12.5. The summed E-state index contributed by atoms with van der Waals surface area (Å²) in [5.74, 6) is 0.146. The van der Waals surface area contributed by atoms with E-state index in [2.05, 4.69) is 0 Å². The van der Waals surface area contributed by atoms with Crippen molar-refractivity contribution in [1.82, 2.24) is 0 Å². The molecule has 0 fully saturated rings. The molecule has 1 aromatic rings. The number of carbonyl (C=O) groups is 1. The van der Waals surface area contributed by atoms with E-state index in [1.54, 1.807) is 24.3 Å². The molecule has 0 aliphatic rings. The monoisotopic (exact) mass is 224 g/mol. The van der Waals surface area contributed by atoms with Gasteiger partial charge in [0.25, 0.3) is 0 Å². The van der Waals surface area contributed by atoms with Crippen LogP contribution in [0.25, 0.3) is 0 Å². The van der Waals surface area contributed by atoms with Gasteiger partial charge in [-0.05, 0) is 17.7 Å². The van der Waals surface area contributed by atoms with Crippen LogP contribution in [0.2, 0.25) is 0 Å². The lowest BCUT2D eigenvalue weighted by Gasteiger charge is -2.09. The predicted octanol–water partition coefficient (Wildman–Crippen LogP) is -0.240. The molecular formula is C11H16N2O3. The van der Waals surface area contributed by atoms with Gasteiger partial charge >= 0.3 is 0 Å². The smallest absolute Gasteiger partial charge is 0.234 e. The van der Waals surface area contributed by atoms with Crippen LogP contribution < -0.4 is 16.2 Å². The molecule has 5 nitrogen and oxygen atoms in total. The SMILES string of the molecule is NC(=O)C(N)CCOc1ccc(CO)cc1. The van der Waals surface area contributed by atoms with Crippen molar-refractivity contribution in [2.24, 2.45) is 11.5 Å². The minimum Gasteiger partial charge on any atom is -0.494 e. The van der Waals surface area contributed by atoms with E-state index in [1.165, 1.54) is 0 Å². The zero-order valence-corrected chi connectivity index (χ0v) is 8.93. The number of hydrogen-bond acceptors (Lipinski definition) is 4. The Bertz CT molecular complexity index is 338. The molecule has 0 spiro atoms. The number of amides is 1. The molecule has 0 aliphatic heterocycles. The second kappa shape index (κ2) is 6.09. The van der Waals surface area contributed by atoms with Crippen molar-refractivity contribution in [3.8, 4) is 5.75 Å². The molecule has 0 saturated carbocycles. The van der Waals surface area contributed by atoms with Crippen molar-refractivity contribution in [2.45, 2.75) is 19.1 Å². The van der Waals surface area contributed by atoms with Gasteiger partial charge in [-0.2, -0.15) is 0 Å². The van der Waals surface area contributed by atoms with Gasteiger partial charge in [-0.25, -0.2) is 0 Å². The number of benzene rings is 1. The second-order valence-corrected chi connectivity index (χ2v) is 3.45. The van der Waals surface area contributed by atoms with Crippen LogP contribution in [0.15, 0.2) is 24.3 Å². The number of ether oxygens (including phenoxy) is 1. The molecule has 0 saturated heterocycles. The van der Waals surface area contributed by atoms with E-state index in [0.29, 0.717) is 18.8 Å². The molecule has 0 aliphatic carbocycles. The van der Waals surface area contributed by atoms with Crippen LogP contribution in [0.5, 0.6) is 5.75 Å². The summed E-state index contributed by atoms with van der Waals surface area (Å²) in [7, 11) is 0. The molecule has 5 heteroatoms. The maximum atomic E-state index is 10.6. The van der Waals surface area contributed by atoms with Gasteiger partial charge in [-0.1, -0.05) is 12.1 Å². The van der Waals surface area contributed by atoms with E-state index in [9.17, 15) is 4.79 Å². The molecular weight excluding hydrogens is 208 g/mol. The van der Waals surface area contributed by atoms with Crippen molar-refractivity contribution in [3.63, 3.8) is 0 Å². The summed E-state index contributed by atoms with van der Waals surface area (Å²) >= 11 is 0. The Hall–Kier alpha value is -1.59. The van der Waals surface area contributed by atoms with E-state index in [1.807, 2.05) is 0 Å². The minimum absolute atomic E-state index is 0.00678. The quantitative estimate of drug-likeness (QED) is 0.621. The molecule has 88 valence electrons. The number of rotatable bonds is 6. The van der Waals surface area contributed by atoms with Crippen LogP contribution in [0.3, 0.4) is 0 Å². The Kier molecular flexibility index (Phi) is 4.75. The summed E-state index contributed by atoms with van der Waals surface area (Å²) in [5, 5.41) is 8.83. The maximum absolute atomic E-state index is 10.6. The van der Waals surface area contributed by atoms with Crippen molar-refractivity contribution in [3.05, 3.63) is 29.8 Å². The molecule has 0 heterocycles. The number of nitrogens with two attached hydrogens (primary N) is 2. The van der Waals surface area contributed by atoms with Crippen LogP contribution in [0.1, 0.15) is 12.0 Å². The highest BCUT2D eigenvalue weighted by Crippen LogP contribution is 2.12. The van der Waals surface area contributed by atoms with Gasteiger partial charge in [-0.3, -0.25) is 4.79 Å². The Balaban J connectivity index is 2.34. The molecule has 0 radical (unpaired) electrons. The first-order valence-corrected chi connectivity index (χ1v) is 5.01. The van der Waals surface area contributed by atoms with Gasteiger partial charge in [0, 0.05) is 6.42 Å². The average Bonchev–Trinajstić information content (AvgIpc) is 2.29. The molecule has 5 N–H and O–H groups in total. The lowest BCUT2D eigenvalue weighted by Crippen LogP contribution is -2.37. The summed E-state index contributed by atoms with van der Waals surface area (Å²) in [6.45, 7) is 0.343. The summed E-state index contributed by atoms with van der Waals surface area (Å²) < 4.78 is 5.36. The van der Waals surface area contributed by atoms with E-state index >= 15 is 0 Å². The Morgan fingerprint density at radius 3 is 2.50 bits per heavy atom. The predicted molar refractivity (Wildman–Crippen MR) is 59.6 cm³/mol. The molecule has 1 rings (SSSR count). The topological polar surface area (TPSA) is 98.6 Å². The number of carbonyl (C=O) groups excluding carboxylic acids is 1. The summed E-state index contributed by atoms with van der Waals surface area (Å²) in [4.78, 5) is 10.6. The van der Waals surface area contributed by atoms with Crippen LogP contribution >= 0.6 is 0 Å². The summed E-state index contributed by atoms with van der Waals surface area (Å²) in [6.07, 6.45) is 0.386. The van der Waals surface area contributed by atoms with E-state index in [-0.39, 0.29) is 6.61 Å². The highest BCUT2D eigenvalue weighted by molar-refractivity contribution is 5.79. The standard InChI is InChI=1S/C11H16N2O3/c12-10(11(13)15)5-6-16-9-3-1-8(7-14)2-4-9/h1-4,10,14H,5-7,12H2,(H2,13,15). The van der Waals surface area contributed by atoms with Gasteiger partial charge in [0.15, 0.2) is 0 Å². The Labute approximate surface area is 94.0 Å². The first-order valence-electron chi connectivity index (χ1n) is 5.01. The van der Waals surface area contributed by atoms with Gasteiger partial charge in [0.2, 0.25) is 5.91 Å². The molecule has 1 unspecified atom stereocenters. The first-order chi connectivity index (χ1) is 7.63. The zero-order chi connectivity index (χ0) is 12.0. The van der Waals surface area contributed by atoms with Crippen molar-refractivity contribution in [1.29, 1.82) is 0 Å². The summed E-state index contributed by atoms with van der Waals surface area (Å²) in [6, 6.07) is 6.37. The van der Waals surface area contributed by atoms with Crippen LogP contribution in [0.4, 0.5) is 0 Å². The lowest BCUT2D eigenvalue weighted by molar-refractivity contribution is -0.119. The molecule has 1 atom stereocenters. The fourth-order valence-corrected chi connectivity index (χ4v) is 1.14. The van der Waals surface area contributed by atoms with Crippen molar-refractivity contribution >= 4 is 5.91 Å². The number of aliphatic hydroxyl groups excluding tert-OH is 1. The molecule has 0 aromatic heterocycles. The lowest BCUT2D eigenvalue weighted by atomic mass is 10.2. The molecule has 16 heavy (non-hydrogen) atoms. The molecule has 0 bridgehead atoms. The minimum atomic E-state index is -0.670. The van der Waals surface area contributed by atoms with Gasteiger partial charge in [0.05, 0.1) is 19.3 Å². The van der Waals surface area contributed by atoms with Crippen LogP contribution in [-0.4, -0.2) is 23.7 Å². The average molecular weight is 224 g/mol. The fourth-order valence-electron chi connectivity index (χ4n) is 1.14. The van der Waals surface area contributed by atoms with E-state index in [0.717, 1.165) is 5.56 Å². The zero-order valence-electron chi connectivity index (χ0n) is 8.93.